The summed E-state index contributed by atoms with van der Waals surface area (Å²) in [5.41, 5.74) is 1.58. The number of aliphatic hydroxyl groups is 3. The molecule has 2 aromatic carbocycles. The monoisotopic (exact) mass is 738 g/mol. The summed E-state index contributed by atoms with van der Waals surface area (Å²) in [6, 6.07) is 12.5. The van der Waals surface area contributed by atoms with Crippen molar-refractivity contribution in [3.63, 3.8) is 0 Å². The van der Waals surface area contributed by atoms with Crippen molar-refractivity contribution in [1.82, 2.24) is 4.98 Å². The smallest absolute Gasteiger partial charge is 0.303 e. The third-order valence-corrected chi connectivity index (χ3v) is 14.8. The third kappa shape index (κ3) is 6.62. The summed E-state index contributed by atoms with van der Waals surface area (Å²) in [4.78, 5) is 28.5. The van der Waals surface area contributed by atoms with Crippen LogP contribution in [-0.2, 0) is 11.3 Å². The standard InChI is InChI=1S/C45H55FN2O6/c1-25(10-15-39(52)53)32-13-14-33-41-34(22-38(51)44(32,33)5)43(4)18-19-45(54,23-30(43)21-37(41)50)17-16-29-12-11-28(20-35(29)46)24-47-42-31-8-6-7-9-36(31)48-26(2)40(42)27(3)49/h6-9,11-12,20,25,30,32-34,37-38,41,50-51,54H,10,13-15,18-19,21-24H2,1-5H3,(H,47,48)(H,52,53)/t25?,30?,32-,33?,34?,37-,38+,41?,43+,44-,45-/m1/s1. The number of carbonyl (C=O) groups is 2. The minimum Gasteiger partial charge on any atom is -0.481 e. The predicted molar refractivity (Wildman–Crippen MR) is 206 cm³/mol. The Kier molecular flexibility index (Phi) is 10.2. The SMILES string of the molecule is CC(=O)c1c(C)nc2ccccc2c1NCc1ccc(C#C[C@@]2(O)CC[C@@]3(C)C(C[C@@H](O)C4C3C[C@H](O)[C@@]3(C)C4CC[C@@H]3C(C)CCC(=O)O)C2)c(F)c1. The largest absolute Gasteiger partial charge is 0.481 e. The number of Topliss-reactive ketones (excluding diaryl/α,β-unsaturated/α-hetero) is 1. The average molecular weight is 739 g/mol. The number of ketones is 1. The van der Waals surface area contributed by atoms with Crippen molar-refractivity contribution < 1.29 is 34.4 Å². The van der Waals surface area contributed by atoms with Gasteiger partial charge in [-0.1, -0.05) is 56.9 Å². The summed E-state index contributed by atoms with van der Waals surface area (Å²) < 4.78 is 15.5. The Morgan fingerprint density at radius 3 is 2.56 bits per heavy atom. The molecular formula is C45H55FN2O6. The maximum absolute atomic E-state index is 15.5. The van der Waals surface area contributed by atoms with Crippen LogP contribution in [-0.4, -0.2) is 55.0 Å². The quantitative estimate of drug-likeness (QED) is 0.117. The summed E-state index contributed by atoms with van der Waals surface area (Å²) in [5.74, 6) is 5.28. The molecule has 4 aliphatic carbocycles. The van der Waals surface area contributed by atoms with Gasteiger partial charge >= 0.3 is 5.97 Å². The van der Waals surface area contributed by atoms with E-state index in [9.17, 15) is 30.0 Å². The van der Waals surface area contributed by atoms with Gasteiger partial charge in [0, 0.05) is 18.4 Å². The third-order valence-electron chi connectivity index (χ3n) is 14.8. The second-order valence-corrected chi connectivity index (χ2v) is 17.7. The highest BCUT2D eigenvalue weighted by Gasteiger charge is 2.66. The first kappa shape index (κ1) is 38.4. The van der Waals surface area contributed by atoms with E-state index in [0.29, 0.717) is 61.0 Å². The van der Waals surface area contributed by atoms with E-state index in [-0.39, 0.29) is 70.6 Å². The highest BCUT2D eigenvalue weighted by atomic mass is 19.1. The molecule has 54 heavy (non-hydrogen) atoms. The molecule has 9 heteroatoms. The number of nitrogens with zero attached hydrogens (tertiary/aromatic N) is 1. The Morgan fingerprint density at radius 1 is 1.07 bits per heavy atom. The Hall–Kier alpha value is -3.84. The van der Waals surface area contributed by atoms with Crippen LogP contribution in [0.5, 0.6) is 0 Å². The van der Waals surface area contributed by atoms with Gasteiger partial charge in [0.05, 0.1) is 40.2 Å². The van der Waals surface area contributed by atoms with Crippen molar-refractivity contribution in [2.45, 2.75) is 117 Å². The maximum atomic E-state index is 15.5. The van der Waals surface area contributed by atoms with Gasteiger partial charge in [0.1, 0.15) is 11.4 Å². The fourth-order valence-corrected chi connectivity index (χ4v) is 11.9. The topological polar surface area (TPSA) is 140 Å². The molecule has 0 bridgehead atoms. The van der Waals surface area contributed by atoms with Gasteiger partial charge in [-0.05, 0) is 135 Å². The van der Waals surface area contributed by atoms with Crippen LogP contribution in [0.3, 0.4) is 0 Å². The van der Waals surface area contributed by atoms with Crippen LogP contribution in [0.2, 0.25) is 0 Å². The lowest BCUT2D eigenvalue weighted by Crippen LogP contribution is -2.63. The van der Waals surface area contributed by atoms with Gasteiger partial charge in [-0.3, -0.25) is 14.6 Å². The molecule has 0 aliphatic heterocycles. The summed E-state index contributed by atoms with van der Waals surface area (Å²) >= 11 is 0. The summed E-state index contributed by atoms with van der Waals surface area (Å²) in [6.07, 6.45) is 4.11. The number of aryl methyl sites for hydroxylation is 1. The molecule has 4 saturated carbocycles. The highest BCUT2D eigenvalue weighted by molar-refractivity contribution is 6.08. The van der Waals surface area contributed by atoms with Gasteiger partial charge in [0.15, 0.2) is 5.78 Å². The molecule has 7 rings (SSSR count). The van der Waals surface area contributed by atoms with Gasteiger partial charge < -0.3 is 25.7 Å². The number of pyridine rings is 1. The molecule has 0 amide bonds. The van der Waals surface area contributed by atoms with Crippen molar-refractivity contribution in [2.24, 2.45) is 46.3 Å². The highest BCUT2D eigenvalue weighted by Crippen LogP contribution is 2.69. The molecule has 288 valence electrons. The Bertz CT molecular complexity index is 2020. The average Bonchev–Trinajstić information content (AvgIpc) is 3.48. The number of hydrogen-bond donors (Lipinski definition) is 5. The first-order chi connectivity index (χ1) is 25.6. The lowest BCUT2D eigenvalue weighted by Gasteiger charge is -2.64. The fraction of sp³-hybridized carbons (Fsp3) is 0.578. The number of carbonyl (C=O) groups excluding carboxylic acids is 1. The minimum atomic E-state index is -1.33. The summed E-state index contributed by atoms with van der Waals surface area (Å²) in [5, 5.41) is 49.0. The van der Waals surface area contributed by atoms with Gasteiger partial charge in [-0.25, -0.2) is 4.39 Å². The Balaban J connectivity index is 1.05. The number of aromatic nitrogens is 1. The lowest BCUT2D eigenvalue weighted by molar-refractivity contribution is -0.211. The molecule has 1 heterocycles. The molecule has 4 fully saturated rings. The van der Waals surface area contributed by atoms with E-state index >= 15 is 4.39 Å². The molecule has 0 saturated heterocycles. The first-order valence-corrected chi connectivity index (χ1v) is 19.8. The number of carboxylic acids is 1. The molecule has 0 spiro atoms. The normalized spacial score (nSPS) is 34.9. The van der Waals surface area contributed by atoms with E-state index in [1.165, 1.54) is 13.0 Å². The van der Waals surface area contributed by atoms with Crippen LogP contribution in [0.25, 0.3) is 10.9 Å². The number of carboxylic acid groups (broad SMARTS) is 1. The summed E-state index contributed by atoms with van der Waals surface area (Å²) in [6.45, 7) is 10.2. The number of aliphatic hydroxyl groups excluding tert-OH is 2. The van der Waals surface area contributed by atoms with Gasteiger partial charge in [-0.2, -0.15) is 0 Å². The van der Waals surface area contributed by atoms with Crippen LogP contribution in [0.4, 0.5) is 10.1 Å². The van der Waals surface area contributed by atoms with E-state index in [1.54, 1.807) is 12.1 Å². The number of anilines is 1. The van der Waals surface area contributed by atoms with Crippen LogP contribution in [0, 0.1) is 70.9 Å². The van der Waals surface area contributed by atoms with Crippen molar-refractivity contribution in [3.8, 4) is 11.8 Å². The molecule has 5 N–H and O–H groups in total. The molecule has 0 radical (unpaired) electrons. The second kappa shape index (κ2) is 14.3. The van der Waals surface area contributed by atoms with Crippen molar-refractivity contribution >= 4 is 28.3 Å². The van der Waals surface area contributed by atoms with Gasteiger partial charge in [0.25, 0.3) is 0 Å². The number of benzene rings is 2. The van der Waals surface area contributed by atoms with Gasteiger partial charge in [0.2, 0.25) is 0 Å². The Morgan fingerprint density at radius 2 is 1.83 bits per heavy atom. The molecule has 1 aromatic heterocycles. The molecule has 8 nitrogen and oxygen atoms in total. The number of para-hydroxylation sites is 1. The van der Waals surface area contributed by atoms with E-state index in [2.05, 4.69) is 42.9 Å². The zero-order valence-corrected chi connectivity index (χ0v) is 32.2. The van der Waals surface area contributed by atoms with Crippen molar-refractivity contribution in [2.75, 3.05) is 5.32 Å². The first-order valence-electron chi connectivity index (χ1n) is 19.8. The van der Waals surface area contributed by atoms with E-state index in [4.69, 9.17) is 0 Å². The van der Waals surface area contributed by atoms with Crippen LogP contribution in [0.15, 0.2) is 42.5 Å². The number of rotatable bonds is 8. The van der Waals surface area contributed by atoms with E-state index in [0.717, 1.165) is 23.7 Å². The Labute approximate surface area is 318 Å². The number of halogens is 1. The molecule has 4 aliphatic rings. The van der Waals surface area contributed by atoms with Crippen molar-refractivity contribution in [1.29, 1.82) is 0 Å². The molecular weight excluding hydrogens is 684 g/mol. The van der Waals surface area contributed by atoms with Crippen LogP contribution in [0.1, 0.15) is 113 Å². The number of nitrogens with one attached hydrogen (secondary N) is 1. The molecule has 5 unspecified atom stereocenters. The number of aliphatic carboxylic acids is 1. The molecule has 3 aromatic rings. The van der Waals surface area contributed by atoms with Crippen LogP contribution < -0.4 is 5.32 Å². The van der Waals surface area contributed by atoms with Gasteiger partial charge in [-0.15, -0.1) is 0 Å². The number of hydrogen-bond acceptors (Lipinski definition) is 7. The molecule has 11 atom stereocenters. The zero-order valence-electron chi connectivity index (χ0n) is 32.2. The van der Waals surface area contributed by atoms with Crippen molar-refractivity contribution in [3.05, 3.63) is 70.7 Å². The zero-order chi connectivity index (χ0) is 38.7. The minimum absolute atomic E-state index is 0.00357. The van der Waals surface area contributed by atoms with E-state index in [1.807, 2.05) is 31.2 Å². The fourth-order valence-electron chi connectivity index (χ4n) is 11.9. The second-order valence-electron chi connectivity index (χ2n) is 17.7. The lowest BCUT2D eigenvalue weighted by atomic mass is 9.42. The predicted octanol–water partition coefficient (Wildman–Crippen LogP) is 7.68. The number of fused-ring (bicyclic) bond motifs is 6. The maximum Gasteiger partial charge on any atom is 0.303 e. The van der Waals surface area contributed by atoms with E-state index < -0.39 is 29.6 Å². The van der Waals surface area contributed by atoms with Crippen LogP contribution >= 0.6 is 0 Å². The summed E-state index contributed by atoms with van der Waals surface area (Å²) in [7, 11) is 0.